The number of ether oxygens (including phenoxy) is 2. The van der Waals surface area contributed by atoms with E-state index in [1.165, 1.54) is 12.1 Å². The minimum absolute atomic E-state index is 0.0441. The van der Waals surface area contributed by atoms with Gasteiger partial charge in [0.1, 0.15) is 11.5 Å². The number of para-hydroxylation sites is 1. The molecule has 1 N–H and O–H groups in total. The average Bonchev–Trinajstić information content (AvgIpc) is 2.41. The summed E-state index contributed by atoms with van der Waals surface area (Å²) in [7, 11) is 1.57. The minimum Gasteiger partial charge on any atom is -0.497 e. The highest BCUT2D eigenvalue weighted by Gasteiger charge is 2.14. The molecule has 4 heteroatoms. The third-order valence-electron chi connectivity index (χ3n) is 2.73. The molecule has 0 aliphatic rings. The van der Waals surface area contributed by atoms with Gasteiger partial charge in [-0.05, 0) is 37.3 Å². The smallest absolute Gasteiger partial charge is 0.168 e. The van der Waals surface area contributed by atoms with Crippen LogP contribution >= 0.6 is 0 Å². The Labute approximate surface area is 111 Å². The Bertz CT molecular complexity index is 550. The lowest BCUT2D eigenvalue weighted by atomic mass is 10.1. The lowest BCUT2D eigenvalue weighted by molar-refractivity contribution is 0.194. The van der Waals surface area contributed by atoms with Crippen molar-refractivity contribution in [2.45, 2.75) is 13.0 Å². The van der Waals surface area contributed by atoms with Crippen molar-refractivity contribution in [2.75, 3.05) is 7.11 Å². The fourth-order valence-corrected chi connectivity index (χ4v) is 1.72. The van der Waals surface area contributed by atoms with E-state index >= 15 is 0 Å². The highest BCUT2D eigenvalue weighted by Crippen LogP contribution is 2.32. The minimum atomic E-state index is -0.802. The van der Waals surface area contributed by atoms with E-state index in [0.717, 1.165) is 0 Å². The molecule has 0 aliphatic carbocycles. The second-order valence-corrected chi connectivity index (χ2v) is 4.11. The standard InChI is InChI=1S/C15H15FO3/c1-10(17)13-4-3-5-14(16)15(13)19-12-8-6-11(18-2)7-9-12/h3-10,17H,1-2H3/t10-/m0/s1. The first-order valence-electron chi connectivity index (χ1n) is 5.90. The SMILES string of the molecule is COc1ccc(Oc2c(F)cccc2[C@H](C)O)cc1. The summed E-state index contributed by atoms with van der Waals surface area (Å²) in [5, 5.41) is 9.62. The fourth-order valence-electron chi connectivity index (χ4n) is 1.72. The molecule has 3 nitrogen and oxygen atoms in total. The van der Waals surface area contributed by atoms with Crippen LogP contribution in [-0.4, -0.2) is 12.2 Å². The summed E-state index contributed by atoms with van der Waals surface area (Å²) in [4.78, 5) is 0. The molecule has 0 fully saturated rings. The van der Waals surface area contributed by atoms with Gasteiger partial charge in [0.05, 0.1) is 13.2 Å². The van der Waals surface area contributed by atoms with Gasteiger partial charge in [-0.1, -0.05) is 12.1 Å². The molecular formula is C15H15FO3. The quantitative estimate of drug-likeness (QED) is 0.913. The van der Waals surface area contributed by atoms with Crippen molar-refractivity contribution in [1.82, 2.24) is 0 Å². The summed E-state index contributed by atoms with van der Waals surface area (Å²) < 4.78 is 24.3. The Morgan fingerprint density at radius 2 is 1.68 bits per heavy atom. The molecule has 0 heterocycles. The Balaban J connectivity index is 2.31. The molecule has 0 amide bonds. The number of hydrogen-bond acceptors (Lipinski definition) is 3. The number of hydrogen-bond donors (Lipinski definition) is 1. The van der Waals surface area contributed by atoms with Crippen LogP contribution in [0.25, 0.3) is 0 Å². The summed E-state index contributed by atoms with van der Waals surface area (Å²) in [5.41, 5.74) is 0.413. The number of halogens is 1. The van der Waals surface area contributed by atoms with Crippen molar-refractivity contribution < 1.29 is 19.0 Å². The summed E-state index contributed by atoms with van der Waals surface area (Å²) in [6.07, 6.45) is -0.802. The average molecular weight is 262 g/mol. The van der Waals surface area contributed by atoms with Gasteiger partial charge in [0.25, 0.3) is 0 Å². The van der Waals surface area contributed by atoms with Gasteiger partial charge < -0.3 is 14.6 Å². The number of rotatable bonds is 4. The zero-order valence-electron chi connectivity index (χ0n) is 10.8. The number of aliphatic hydroxyl groups excluding tert-OH is 1. The van der Waals surface area contributed by atoms with Crippen LogP contribution in [0.3, 0.4) is 0 Å². The third-order valence-corrected chi connectivity index (χ3v) is 2.73. The van der Waals surface area contributed by atoms with E-state index in [-0.39, 0.29) is 5.75 Å². The van der Waals surface area contributed by atoms with Gasteiger partial charge in [-0.3, -0.25) is 0 Å². The van der Waals surface area contributed by atoms with E-state index in [9.17, 15) is 9.50 Å². The van der Waals surface area contributed by atoms with E-state index < -0.39 is 11.9 Å². The van der Waals surface area contributed by atoms with Gasteiger partial charge in [-0.25, -0.2) is 4.39 Å². The maximum Gasteiger partial charge on any atom is 0.168 e. The Morgan fingerprint density at radius 3 is 2.26 bits per heavy atom. The molecule has 0 spiro atoms. The number of aliphatic hydroxyl groups is 1. The van der Waals surface area contributed by atoms with E-state index in [2.05, 4.69) is 0 Å². The van der Waals surface area contributed by atoms with Gasteiger partial charge in [-0.15, -0.1) is 0 Å². The van der Waals surface area contributed by atoms with Crippen LogP contribution in [0.5, 0.6) is 17.2 Å². The first kappa shape index (κ1) is 13.4. The summed E-state index contributed by atoms with van der Waals surface area (Å²) in [5.74, 6) is 0.710. The molecule has 0 saturated heterocycles. The Kier molecular flexibility index (Phi) is 4.02. The molecule has 0 bridgehead atoms. The zero-order chi connectivity index (χ0) is 13.8. The topological polar surface area (TPSA) is 38.7 Å². The lowest BCUT2D eigenvalue weighted by Gasteiger charge is -2.14. The van der Waals surface area contributed by atoms with Crippen molar-refractivity contribution >= 4 is 0 Å². The van der Waals surface area contributed by atoms with Crippen LogP contribution in [0.2, 0.25) is 0 Å². The van der Waals surface area contributed by atoms with Crippen molar-refractivity contribution in [2.24, 2.45) is 0 Å². The van der Waals surface area contributed by atoms with Crippen LogP contribution < -0.4 is 9.47 Å². The molecule has 2 rings (SSSR count). The van der Waals surface area contributed by atoms with Crippen molar-refractivity contribution in [3.05, 3.63) is 53.8 Å². The third kappa shape index (κ3) is 3.03. The predicted molar refractivity (Wildman–Crippen MR) is 70.1 cm³/mol. The predicted octanol–water partition coefficient (Wildman–Crippen LogP) is 3.68. The van der Waals surface area contributed by atoms with Crippen LogP contribution in [0.15, 0.2) is 42.5 Å². The number of benzene rings is 2. The summed E-state index contributed by atoms with van der Waals surface area (Å²) >= 11 is 0. The van der Waals surface area contributed by atoms with Crippen LogP contribution in [0, 0.1) is 5.82 Å². The molecule has 2 aromatic carbocycles. The van der Waals surface area contributed by atoms with Crippen LogP contribution in [0.1, 0.15) is 18.6 Å². The van der Waals surface area contributed by atoms with Gasteiger partial charge >= 0.3 is 0 Å². The van der Waals surface area contributed by atoms with E-state index in [0.29, 0.717) is 17.1 Å². The van der Waals surface area contributed by atoms with E-state index in [1.807, 2.05) is 0 Å². The van der Waals surface area contributed by atoms with Crippen molar-refractivity contribution in [3.8, 4) is 17.2 Å². The molecule has 0 radical (unpaired) electrons. The molecule has 100 valence electrons. The van der Waals surface area contributed by atoms with Gasteiger partial charge in [0.2, 0.25) is 0 Å². The molecule has 19 heavy (non-hydrogen) atoms. The Hall–Kier alpha value is -2.07. The highest BCUT2D eigenvalue weighted by molar-refractivity contribution is 5.41. The van der Waals surface area contributed by atoms with Gasteiger partial charge in [-0.2, -0.15) is 0 Å². The van der Waals surface area contributed by atoms with Crippen LogP contribution in [0.4, 0.5) is 4.39 Å². The molecule has 0 unspecified atom stereocenters. The molecule has 2 aromatic rings. The normalized spacial score (nSPS) is 12.0. The highest BCUT2D eigenvalue weighted by atomic mass is 19.1. The maximum atomic E-state index is 13.8. The fraction of sp³-hybridized carbons (Fsp3) is 0.200. The van der Waals surface area contributed by atoms with Gasteiger partial charge in [0.15, 0.2) is 11.6 Å². The molecule has 1 atom stereocenters. The summed E-state index contributed by atoms with van der Waals surface area (Å²) in [6, 6.07) is 11.3. The van der Waals surface area contributed by atoms with E-state index in [1.54, 1.807) is 44.4 Å². The van der Waals surface area contributed by atoms with Gasteiger partial charge in [0, 0.05) is 5.56 Å². The lowest BCUT2D eigenvalue weighted by Crippen LogP contribution is -1.98. The first-order chi connectivity index (χ1) is 9.11. The second-order valence-electron chi connectivity index (χ2n) is 4.11. The van der Waals surface area contributed by atoms with Crippen molar-refractivity contribution in [1.29, 1.82) is 0 Å². The first-order valence-corrected chi connectivity index (χ1v) is 5.90. The molecule has 0 aliphatic heterocycles. The maximum absolute atomic E-state index is 13.8. The zero-order valence-corrected chi connectivity index (χ0v) is 10.8. The second kappa shape index (κ2) is 5.71. The van der Waals surface area contributed by atoms with Crippen LogP contribution in [-0.2, 0) is 0 Å². The molecule has 0 aromatic heterocycles. The molecular weight excluding hydrogens is 247 g/mol. The Morgan fingerprint density at radius 1 is 1.05 bits per heavy atom. The van der Waals surface area contributed by atoms with E-state index in [4.69, 9.17) is 9.47 Å². The monoisotopic (exact) mass is 262 g/mol. The largest absolute Gasteiger partial charge is 0.497 e. The molecule has 0 saturated carbocycles. The van der Waals surface area contributed by atoms with Crippen molar-refractivity contribution in [3.63, 3.8) is 0 Å². The summed E-state index contributed by atoms with van der Waals surface area (Å²) in [6.45, 7) is 1.57. The number of methoxy groups -OCH3 is 1.